The van der Waals surface area contributed by atoms with Gasteiger partial charge in [-0.2, -0.15) is 13.2 Å². The molecule has 0 N–H and O–H groups in total. The average Bonchev–Trinajstić information content (AvgIpc) is 3.24. The molecule has 0 saturated carbocycles. The van der Waals surface area contributed by atoms with Gasteiger partial charge in [-0.3, -0.25) is 4.98 Å². The van der Waals surface area contributed by atoms with Gasteiger partial charge in [0.2, 0.25) is 0 Å². The van der Waals surface area contributed by atoms with E-state index in [9.17, 15) is 21.6 Å². The molecule has 0 unspecified atom stereocenters. The van der Waals surface area contributed by atoms with Crippen LogP contribution in [-0.4, -0.2) is 33.7 Å². The molecule has 0 radical (unpaired) electrons. The minimum atomic E-state index is -4.55. The summed E-state index contributed by atoms with van der Waals surface area (Å²) in [6.07, 6.45) is -2.29. The van der Waals surface area contributed by atoms with Crippen LogP contribution < -0.4 is 0 Å². The molecule has 6 nitrogen and oxygen atoms in total. The van der Waals surface area contributed by atoms with E-state index in [0.717, 1.165) is 12.3 Å². The fraction of sp³-hybridized carbons (Fsp3) is 0.235. The number of sulfone groups is 1. The number of aryl methyl sites for hydroxylation is 1. The molecule has 0 aliphatic heterocycles. The minimum absolute atomic E-state index is 0.0141. The van der Waals surface area contributed by atoms with Gasteiger partial charge >= 0.3 is 6.18 Å². The third-order valence-electron chi connectivity index (χ3n) is 4.39. The lowest BCUT2D eigenvalue weighted by atomic mass is 10.2. The van der Waals surface area contributed by atoms with Gasteiger partial charge in [0.25, 0.3) is 0 Å². The summed E-state index contributed by atoms with van der Waals surface area (Å²) in [5.74, 6) is 0.00296. The molecule has 0 amide bonds. The van der Waals surface area contributed by atoms with E-state index in [-0.39, 0.29) is 33.3 Å². The highest BCUT2D eigenvalue weighted by Crippen LogP contribution is 2.36. The highest BCUT2D eigenvalue weighted by molar-refractivity contribution is 7.91. The van der Waals surface area contributed by atoms with Crippen LogP contribution in [0.15, 0.2) is 34.8 Å². The molecule has 0 spiro atoms. The number of imidazole rings is 1. The first-order chi connectivity index (χ1) is 13.1. The summed E-state index contributed by atoms with van der Waals surface area (Å²) in [6.45, 7) is 1.53. The molecular weight excluding hydrogens is 413 g/mol. The number of hydrogen-bond donors (Lipinski definition) is 0. The van der Waals surface area contributed by atoms with E-state index in [1.165, 1.54) is 29.0 Å². The predicted molar refractivity (Wildman–Crippen MR) is 99.9 cm³/mol. The maximum absolute atomic E-state index is 13.0. The Balaban J connectivity index is 2.04. The van der Waals surface area contributed by atoms with Gasteiger partial charge in [-0.05, 0) is 17.5 Å². The Morgan fingerprint density at radius 2 is 1.96 bits per heavy atom. The minimum Gasteiger partial charge on any atom is -0.310 e. The lowest BCUT2D eigenvalue weighted by Gasteiger charge is -2.10. The third kappa shape index (κ3) is 2.85. The largest absolute Gasteiger partial charge is 0.417 e. The fourth-order valence-electron chi connectivity index (χ4n) is 2.94. The average molecular weight is 426 g/mol. The van der Waals surface area contributed by atoms with Gasteiger partial charge in [0.15, 0.2) is 21.3 Å². The molecular formula is C17H13F3N4O2S2. The van der Waals surface area contributed by atoms with Crippen molar-refractivity contribution in [3.8, 4) is 11.5 Å². The number of hydrogen-bond acceptors (Lipinski definition) is 6. The van der Waals surface area contributed by atoms with Crippen LogP contribution in [0.25, 0.3) is 32.8 Å². The summed E-state index contributed by atoms with van der Waals surface area (Å²) < 4.78 is 66.5. The SMILES string of the molecule is CCS(=O)(=O)c1c(-c2nc3cc(C(F)(F)F)cnc3n2C)ncc2ccsc12. The number of fused-ring (bicyclic) bond motifs is 2. The zero-order valence-electron chi connectivity index (χ0n) is 14.6. The first-order valence-electron chi connectivity index (χ1n) is 8.12. The van der Waals surface area contributed by atoms with Gasteiger partial charge < -0.3 is 4.57 Å². The molecule has 11 heteroatoms. The summed E-state index contributed by atoms with van der Waals surface area (Å²) in [5, 5.41) is 2.44. The highest BCUT2D eigenvalue weighted by atomic mass is 32.2. The second kappa shape index (κ2) is 6.24. The second-order valence-corrected chi connectivity index (χ2v) is 9.23. The van der Waals surface area contributed by atoms with Gasteiger partial charge in [-0.1, -0.05) is 6.92 Å². The molecule has 146 valence electrons. The first kappa shape index (κ1) is 18.8. The van der Waals surface area contributed by atoms with Crippen LogP contribution in [0.4, 0.5) is 13.2 Å². The normalized spacial score (nSPS) is 12.9. The Labute approximate surface area is 161 Å². The number of rotatable bonds is 3. The van der Waals surface area contributed by atoms with Crippen LogP contribution in [0.2, 0.25) is 0 Å². The van der Waals surface area contributed by atoms with Crippen LogP contribution in [0.3, 0.4) is 0 Å². The molecule has 4 aromatic rings. The number of thiophene rings is 1. The molecule has 0 bridgehead atoms. The number of aromatic nitrogens is 4. The van der Waals surface area contributed by atoms with Gasteiger partial charge in [-0.15, -0.1) is 11.3 Å². The van der Waals surface area contributed by atoms with Crippen molar-refractivity contribution in [3.05, 3.63) is 35.5 Å². The fourth-order valence-corrected chi connectivity index (χ4v) is 5.40. The molecule has 28 heavy (non-hydrogen) atoms. The third-order valence-corrected chi connectivity index (χ3v) is 7.25. The van der Waals surface area contributed by atoms with Gasteiger partial charge in [0.05, 0.1) is 16.0 Å². The van der Waals surface area contributed by atoms with Crippen molar-refractivity contribution in [3.63, 3.8) is 0 Å². The Kier molecular flexibility index (Phi) is 4.19. The van der Waals surface area contributed by atoms with Gasteiger partial charge in [-0.25, -0.2) is 18.4 Å². The lowest BCUT2D eigenvalue weighted by Crippen LogP contribution is -2.09. The number of halogens is 3. The highest BCUT2D eigenvalue weighted by Gasteiger charge is 2.32. The summed E-state index contributed by atoms with van der Waals surface area (Å²) in [7, 11) is -2.10. The number of alkyl halides is 3. The van der Waals surface area contributed by atoms with Crippen molar-refractivity contribution in [1.82, 2.24) is 19.5 Å². The quantitative estimate of drug-likeness (QED) is 0.494. The van der Waals surface area contributed by atoms with E-state index in [4.69, 9.17) is 0 Å². The Morgan fingerprint density at radius 3 is 2.64 bits per heavy atom. The molecule has 0 atom stereocenters. The van der Waals surface area contributed by atoms with Crippen molar-refractivity contribution < 1.29 is 21.6 Å². The van der Waals surface area contributed by atoms with Crippen molar-refractivity contribution in [2.75, 3.05) is 5.75 Å². The van der Waals surface area contributed by atoms with Crippen LogP contribution >= 0.6 is 11.3 Å². The zero-order valence-corrected chi connectivity index (χ0v) is 16.3. The monoisotopic (exact) mass is 426 g/mol. The Hall–Kier alpha value is -2.53. The maximum atomic E-state index is 13.0. The van der Waals surface area contributed by atoms with E-state index < -0.39 is 21.6 Å². The van der Waals surface area contributed by atoms with Crippen LogP contribution in [0, 0.1) is 0 Å². The lowest BCUT2D eigenvalue weighted by molar-refractivity contribution is -0.137. The van der Waals surface area contributed by atoms with E-state index in [1.54, 1.807) is 18.5 Å². The van der Waals surface area contributed by atoms with E-state index in [0.29, 0.717) is 10.1 Å². The van der Waals surface area contributed by atoms with Crippen LogP contribution in [-0.2, 0) is 23.1 Å². The van der Waals surface area contributed by atoms with Crippen molar-refractivity contribution in [1.29, 1.82) is 0 Å². The van der Waals surface area contributed by atoms with Gasteiger partial charge in [0, 0.05) is 24.8 Å². The topological polar surface area (TPSA) is 77.7 Å². The van der Waals surface area contributed by atoms with Crippen molar-refractivity contribution >= 4 is 42.4 Å². The van der Waals surface area contributed by atoms with Crippen molar-refractivity contribution in [2.24, 2.45) is 7.05 Å². The molecule has 4 rings (SSSR count). The molecule has 4 heterocycles. The molecule has 0 fully saturated rings. The molecule has 0 saturated heterocycles. The molecule has 4 aromatic heterocycles. The van der Waals surface area contributed by atoms with Gasteiger partial charge in [0.1, 0.15) is 16.1 Å². The molecule has 0 aliphatic rings. The summed E-state index contributed by atoms with van der Waals surface area (Å²) >= 11 is 1.26. The first-order valence-corrected chi connectivity index (χ1v) is 10.7. The van der Waals surface area contributed by atoms with Crippen LogP contribution in [0.5, 0.6) is 0 Å². The van der Waals surface area contributed by atoms with Crippen molar-refractivity contribution in [2.45, 2.75) is 18.0 Å². The molecule has 0 aromatic carbocycles. The zero-order chi connectivity index (χ0) is 20.3. The summed E-state index contributed by atoms with van der Waals surface area (Å²) in [6, 6.07) is 2.65. The number of pyridine rings is 2. The van der Waals surface area contributed by atoms with E-state index in [1.807, 2.05) is 0 Å². The van der Waals surface area contributed by atoms with Crippen LogP contribution in [0.1, 0.15) is 12.5 Å². The Morgan fingerprint density at radius 1 is 1.21 bits per heavy atom. The predicted octanol–water partition coefficient (Wildman–Crippen LogP) is 4.06. The second-order valence-electron chi connectivity index (χ2n) is 6.10. The van der Waals surface area contributed by atoms with E-state index in [2.05, 4.69) is 15.0 Å². The van der Waals surface area contributed by atoms with E-state index >= 15 is 0 Å². The smallest absolute Gasteiger partial charge is 0.310 e. The standard InChI is InChI=1S/C17H13F3N4O2S2/c1-3-28(25,26)14-12(21-7-9-4-5-27-13(9)14)16-23-11-6-10(17(18,19)20)8-22-15(11)24(16)2/h4-8H,3H2,1-2H3. The summed E-state index contributed by atoms with van der Waals surface area (Å²) in [5.41, 5.74) is -0.602. The Bertz CT molecular complexity index is 1320. The summed E-state index contributed by atoms with van der Waals surface area (Å²) in [4.78, 5) is 12.4. The maximum Gasteiger partial charge on any atom is 0.417 e. The molecule has 0 aliphatic carbocycles. The number of nitrogens with zero attached hydrogens (tertiary/aromatic N) is 4.